The first-order chi connectivity index (χ1) is 8.00. The van der Waals surface area contributed by atoms with E-state index < -0.39 is 6.10 Å². The van der Waals surface area contributed by atoms with E-state index in [0.29, 0.717) is 5.75 Å². The minimum Gasteiger partial charge on any atom is -0.392 e. The summed E-state index contributed by atoms with van der Waals surface area (Å²) in [5.74, 6) is 0.331. The van der Waals surface area contributed by atoms with Crippen LogP contribution in [0.3, 0.4) is 0 Å². The summed E-state index contributed by atoms with van der Waals surface area (Å²) in [6.07, 6.45) is -0.397. The molecule has 0 aliphatic rings. The fourth-order valence-corrected chi connectivity index (χ4v) is 2.01. The van der Waals surface area contributed by atoms with Gasteiger partial charge in [0.15, 0.2) is 0 Å². The highest BCUT2D eigenvalue weighted by atomic mass is 32.2. The number of thioether (sulfide) groups is 1. The predicted molar refractivity (Wildman–Crippen MR) is 73.4 cm³/mol. The highest BCUT2D eigenvalue weighted by molar-refractivity contribution is 8.00. The highest BCUT2D eigenvalue weighted by Crippen LogP contribution is 2.16. The van der Waals surface area contributed by atoms with Gasteiger partial charge < -0.3 is 10.4 Å². The first kappa shape index (κ1) is 14.1. The number of aliphatic hydroxyl groups is 1. The Morgan fingerprint density at radius 1 is 1.41 bits per heavy atom. The standard InChI is InChI=1S/C13H19NO2S/c1-9-6-4-5-7-12(9)14-13(16)8-17-11(3)10(2)15/h4-7,10-11,15H,8H2,1-3H3,(H,14,16). The molecule has 0 spiro atoms. The molecule has 4 heteroatoms. The van der Waals surface area contributed by atoms with Crippen molar-refractivity contribution in [1.82, 2.24) is 0 Å². The first-order valence-corrected chi connectivity index (χ1v) is 6.70. The molecule has 1 aromatic rings. The Hall–Kier alpha value is -1.000. The minimum atomic E-state index is -0.397. The third-order valence-corrected chi connectivity index (χ3v) is 3.92. The number of rotatable bonds is 5. The highest BCUT2D eigenvalue weighted by Gasteiger charge is 2.12. The van der Waals surface area contributed by atoms with Gasteiger partial charge in [0, 0.05) is 10.9 Å². The number of hydrogen-bond donors (Lipinski definition) is 2. The molecular formula is C13H19NO2S. The molecule has 1 amide bonds. The average Bonchev–Trinajstić information content (AvgIpc) is 2.29. The van der Waals surface area contributed by atoms with E-state index in [0.717, 1.165) is 11.3 Å². The van der Waals surface area contributed by atoms with Crippen molar-refractivity contribution < 1.29 is 9.90 Å². The maximum atomic E-state index is 11.7. The van der Waals surface area contributed by atoms with Gasteiger partial charge in [-0.25, -0.2) is 0 Å². The lowest BCUT2D eigenvalue weighted by Gasteiger charge is -2.14. The summed E-state index contributed by atoms with van der Waals surface area (Å²) in [4.78, 5) is 11.7. The molecule has 17 heavy (non-hydrogen) atoms. The quantitative estimate of drug-likeness (QED) is 0.847. The molecule has 3 nitrogen and oxygen atoms in total. The van der Waals surface area contributed by atoms with Gasteiger partial charge >= 0.3 is 0 Å². The van der Waals surface area contributed by atoms with Crippen LogP contribution >= 0.6 is 11.8 Å². The van der Waals surface area contributed by atoms with E-state index in [-0.39, 0.29) is 11.2 Å². The SMILES string of the molecule is Cc1ccccc1NC(=O)CSC(C)C(C)O. The first-order valence-electron chi connectivity index (χ1n) is 5.66. The van der Waals surface area contributed by atoms with E-state index in [2.05, 4.69) is 5.32 Å². The zero-order chi connectivity index (χ0) is 12.8. The van der Waals surface area contributed by atoms with Crippen molar-refractivity contribution >= 4 is 23.4 Å². The summed E-state index contributed by atoms with van der Waals surface area (Å²) < 4.78 is 0. The van der Waals surface area contributed by atoms with Gasteiger partial charge in [-0.15, -0.1) is 11.8 Å². The van der Waals surface area contributed by atoms with Gasteiger partial charge in [0.1, 0.15) is 0 Å². The normalized spacial score (nSPS) is 14.1. The van der Waals surface area contributed by atoms with Gasteiger partial charge in [0.05, 0.1) is 11.9 Å². The topological polar surface area (TPSA) is 49.3 Å². The molecule has 0 radical (unpaired) electrons. The molecule has 0 saturated carbocycles. The summed E-state index contributed by atoms with van der Waals surface area (Å²) in [6.45, 7) is 5.61. The molecule has 0 aromatic heterocycles. The monoisotopic (exact) mass is 253 g/mol. The van der Waals surface area contributed by atoms with Crippen LogP contribution in [-0.4, -0.2) is 28.1 Å². The fourth-order valence-electron chi connectivity index (χ4n) is 1.25. The molecule has 94 valence electrons. The Morgan fingerprint density at radius 2 is 2.06 bits per heavy atom. The maximum absolute atomic E-state index is 11.7. The fraction of sp³-hybridized carbons (Fsp3) is 0.462. The Bertz CT molecular complexity index is 379. The van der Waals surface area contributed by atoms with Gasteiger partial charge in [-0.2, -0.15) is 0 Å². The summed E-state index contributed by atoms with van der Waals surface area (Å²) in [5, 5.41) is 12.2. The molecule has 2 atom stereocenters. The second kappa shape index (κ2) is 6.67. The number of benzene rings is 1. The molecule has 0 fully saturated rings. The van der Waals surface area contributed by atoms with E-state index in [4.69, 9.17) is 0 Å². The Kier molecular flexibility index (Phi) is 5.51. The number of carbonyl (C=O) groups excluding carboxylic acids is 1. The smallest absolute Gasteiger partial charge is 0.234 e. The average molecular weight is 253 g/mol. The van der Waals surface area contributed by atoms with Gasteiger partial charge in [-0.05, 0) is 25.5 Å². The van der Waals surface area contributed by atoms with Gasteiger partial charge in [0.2, 0.25) is 5.91 Å². The molecule has 1 aromatic carbocycles. The molecule has 0 heterocycles. The Labute approximate surface area is 107 Å². The van der Waals surface area contributed by atoms with Crippen molar-refractivity contribution in [2.45, 2.75) is 32.1 Å². The van der Waals surface area contributed by atoms with Crippen LogP contribution in [0.1, 0.15) is 19.4 Å². The van der Waals surface area contributed by atoms with Crippen LogP contribution in [0.25, 0.3) is 0 Å². The predicted octanol–water partition coefficient (Wildman–Crippen LogP) is 2.44. The number of amides is 1. The zero-order valence-corrected chi connectivity index (χ0v) is 11.3. The van der Waals surface area contributed by atoms with Gasteiger partial charge in [0.25, 0.3) is 0 Å². The maximum Gasteiger partial charge on any atom is 0.234 e. The number of nitrogens with one attached hydrogen (secondary N) is 1. The summed E-state index contributed by atoms with van der Waals surface area (Å²) >= 11 is 1.46. The van der Waals surface area contributed by atoms with Crippen molar-refractivity contribution in [3.05, 3.63) is 29.8 Å². The Balaban J connectivity index is 2.43. The number of anilines is 1. The molecule has 0 aliphatic heterocycles. The molecule has 2 N–H and O–H groups in total. The van der Waals surface area contributed by atoms with Crippen LogP contribution in [-0.2, 0) is 4.79 Å². The summed E-state index contributed by atoms with van der Waals surface area (Å²) in [6, 6.07) is 7.68. The van der Waals surface area contributed by atoms with Crippen molar-refractivity contribution in [2.75, 3.05) is 11.1 Å². The van der Waals surface area contributed by atoms with Gasteiger partial charge in [-0.1, -0.05) is 25.1 Å². The minimum absolute atomic E-state index is 0.0307. The van der Waals surface area contributed by atoms with Crippen molar-refractivity contribution in [2.24, 2.45) is 0 Å². The van der Waals surface area contributed by atoms with E-state index in [1.54, 1.807) is 6.92 Å². The molecule has 0 aliphatic carbocycles. The number of aryl methyl sites for hydroxylation is 1. The third kappa shape index (κ3) is 4.79. The molecular weight excluding hydrogens is 234 g/mol. The van der Waals surface area contributed by atoms with Gasteiger partial charge in [-0.3, -0.25) is 4.79 Å². The van der Waals surface area contributed by atoms with Crippen molar-refractivity contribution in [3.63, 3.8) is 0 Å². The van der Waals surface area contributed by atoms with Crippen molar-refractivity contribution in [1.29, 1.82) is 0 Å². The molecule has 0 bridgehead atoms. The zero-order valence-electron chi connectivity index (χ0n) is 10.4. The van der Waals surface area contributed by atoms with Crippen LogP contribution in [0.15, 0.2) is 24.3 Å². The second-order valence-electron chi connectivity index (χ2n) is 4.12. The lowest BCUT2D eigenvalue weighted by atomic mass is 10.2. The Morgan fingerprint density at radius 3 is 2.65 bits per heavy atom. The number of carbonyl (C=O) groups is 1. The second-order valence-corrected chi connectivity index (χ2v) is 5.49. The number of aliphatic hydroxyl groups excluding tert-OH is 1. The lowest BCUT2D eigenvalue weighted by Crippen LogP contribution is -2.21. The largest absolute Gasteiger partial charge is 0.392 e. The third-order valence-electron chi connectivity index (χ3n) is 2.58. The van der Waals surface area contributed by atoms with Crippen LogP contribution in [0.5, 0.6) is 0 Å². The van der Waals surface area contributed by atoms with Crippen LogP contribution in [0.4, 0.5) is 5.69 Å². The van der Waals surface area contributed by atoms with Crippen LogP contribution in [0, 0.1) is 6.92 Å². The lowest BCUT2D eigenvalue weighted by molar-refractivity contribution is -0.113. The van der Waals surface area contributed by atoms with E-state index in [1.165, 1.54) is 11.8 Å². The van der Waals surface area contributed by atoms with E-state index in [9.17, 15) is 9.90 Å². The van der Waals surface area contributed by atoms with Crippen LogP contribution in [0.2, 0.25) is 0 Å². The summed E-state index contributed by atoms with van der Waals surface area (Å²) in [7, 11) is 0. The molecule has 2 unspecified atom stereocenters. The summed E-state index contributed by atoms with van der Waals surface area (Å²) in [5.41, 5.74) is 1.90. The van der Waals surface area contributed by atoms with Crippen molar-refractivity contribution in [3.8, 4) is 0 Å². The molecule has 0 saturated heterocycles. The molecule has 1 rings (SSSR count). The van der Waals surface area contributed by atoms with E-state index >= 15 is 0 Å². The number of hydrogen-bond acceptors (Lipinski definition) is 3. The van der Waals surface area contributed by atoms with Crippen LogP contribution < -0.4 is 5.32 Å². The van der Waals surface area contributed by atoms with E-state index in [1.807, 2.05) is 38.1 Å². The number of para-hydroxylation sites is 1.